The van der Waals surface area contributed by atoms with E-state index in [-0.39, 0.29) is 24.9 Å². The van der Waals surface area contributed by atoms with Gasteiger partial charge in [0.2, 0.25) is 5.91 Å². The molecule has 0 spiro atoms. The molecular formula is C53H105NO5. The fourth-order valence-corrected chi connectivity index (χ4v) is 8.61. The Hall–Kier alpha value is -1.14. The van der Waals surface area contributed by atoms with Crippen LogP contribution in [0.5, 0.6) is 0 Å². The molecule has 3 N–H and O–H groups in total. The fraction of sp³-hybridized carbons (Fsp3) is 0.962. The summed E-state index contributed by atoms with van der Waals surface area (Å²) in [5.41, 5.74) is 0. The number of ether oxygens (including phenoxy) is 1. The van der Waals surface area contributed by atoms with Gasteiger partial charge >= 0.3 is 5.97 Å². The summed E-state index contributed by atoms with van der Waals surface area (Å²) in [4.78, 5) is 26.1. The van der Waals surface area contributed by atoms with E-state index in [2.05, 4.69) is 26.1 Å². The van der Waals surface area contributed by atoms with Crippen LogP contribution in [0.15, 0.2) is 0 Å². The molecule has 0 saturated carbocycles. The summed E-state index contributed by atoms with van der Waals surface area (Å²) in [5, 5.41) is 23.7. The van der Waals surface area contributed by atoms with Crippen molar-refractivity contribution in [3.05, 3.63) is 0 Å². The first-order chi connectivity index (χ1) is 29.0. The second-order valence-electron chi connectivity index (χ2n) is 18.6. The summed E-state index contributed by atoms with van der Waals surface area (Å²) in [6.07, 6.45) is 51.7. The maximum atomic E-state index is 13.2. The zero-order valence-corrected chi connectivity index (χ0v) is 40.2. The minimum Gasteiger partial charge on any atom is -0.462 e. The van der Waals surface area contributed by atoms with E-state index in [0.29, 0.717) is 19.3 Å². The van der Waals surface area contributed by atoms with Crippen molar-refractivity contribution >= 4 is 11.9 Å². The number of amides is 1. The number of aliphatic hydroxyl groups is 2. The lowest BCUT2D eigenvalue weighted by atomic mass is 10.0. The van der Waals surface area contributed by atoms with Gasteiger partial charge in [0.1, 0.15) is 6.10 Å². The van der Waals surface area contributed by atoms with Gasteiger partial charge in [-0.05, 0) is 25.7 Å². The van der Waals surface area contributed by atoms with E-state index in [9.17, 15) is 19.8 Å². The van der Waals surface area contributed by atoms with Gasteiger partial charge in [0, 0.05) is 6.42 Å². The molecular weight excluding hydrogens is 731 g/mol. The minimum absolute atomic E-state index is 0.0876. The maximum Gasteiger partial charge on any atom is 0.306 e. The number of esters is 1. The van der Waals surface area contributed by atoms with Gasteiger partial charge in [-0.3, -0.25) is 9.59 Å². The molecule has 0 rings (SSSR count). The number of nitrogens with one attached hydrogen (secondary N) is 1. The van der Waals surface area contributed by atoms with Crippen molar-refractivity contribution in [3.63, 3.8) is 0 Å². The highest BCUT2D eigenvalue weighted by Gasteiger charge is 2.24. The lowest BCUT2D eigenvalue weighted by molar-refractivity contribution is -0.151. The molecule has 0 aromatic heterocycles. The molecule has 3 atom stereocenters. The number of aliphatic hydroxyl groups excluding tert-OH is 2. The van der Waals surface area contributed by atoms with E-state index >= 15 is 0 Å². The summed E-state index contributed by atoms with van der Waals surface area (Å²) in [6.45, 7) is 6.51. The number of hydrogen-bond donors (Lipinski definition) is 3. The Kier molecular flexibility index (Phi) is 47.0. The summed E-state index contributed by atoms with van der Waals surface area (Å²) in [7, 11) is 0. The molecule has 6 heteroatoms. The second-order valence-corrected chi connectivity index (χ2v) is 18.6. The third-order valence-electron chi connectivity index (χ3n) is 12.7. The Morgan fingerprint density at radius 1 is 0.424 bits per heavy atom. The largest absolute Gasteiger partial charge is 0.462 e. The van der Waals surface area contributed by atoms with E-state index < -0.39 is 18.2 Å². The molecule has 0 bridgehead atoms. The van der Waals surface area contributed by atoms with Crippen molar-refractivity contribution in [2.45, 2.75) is 322 Å². The molecule has 0 radical (unpaired) electrons. The van der Waals surface area contributed by atoms with Gasteiger partial charge in [-0.25, -0.2) is 0 Å². The highest BCUT2D eigenvalue weighted by atomic mass is 16.5. The molecule has 0 heterocycles. The average Bonchev–Trinajstić information content (AvgIpc) is 3.23. The number of unbranched alkanes of at least 4 members (excludes halogenated alkanes) is 37. The van der Waals surface area contributed by atoms with Gasteiger partial charge in [-0.2, -0.15) is 0 Å². The van der Waals surface area contributed by atoms with E-state index in [1.54, 1.807) is 0 Å². The topological polar surface area (TPSA) is 95.9 Å². The van der Waals surface area contributed by atoms with Gasteiger partial charge in [-0.1, -0.05) is 265 Å². The molecule has 0 aliphatic carbocycles. The van der Waals surface area contributed by atoms with Crippen molar-refractivity contribution in [3.8, 4) is 0 Å². The van der Waals surface area contributed by atoms with Crippen molar-refractivity contribution in [2.75, 3.05) is 6.61 Å². The first kappa shape index (κ1) is 57.9. The van der Waals surface area contributed by atoms with Crippen LogP contribution in [-0.4, -0.2) is 46.9 Å². The molecule has 352 valence electrons. The molecule has 0 aromatic rings. The van der Waals surface area contributed by atoms with Gasteiger partial charge in [0.15, 0.2) is 0 Å². The summed E-state index contributed by atoms with van der Waals surface area (Å²) in [5.74, 6) is -0.450. The molecule has 0 aliphatic rings. The third kappa shape index (κ3) is 43.3. The van der Waals surface area contributed by atoms with Crippen molar-refractivity contribution < 1.29 is 24.5 Å². The first-order valence-electron chi connectivity index (χ1n) is 26.8. The molecule has 1 amide bonds. The Labute approximate surface area is 368 Å². The second kappa shape index (κ2) is 47.9. The Balaban J connectivity index is 4.42. The average molecular weight is 836 g/mol. The lowest BCUT2D eigenvalue weighted by Gasteiger charge is -2.24. The van der Waals surface area contributed by atoms with Crippen LogP contribution >= 0.6 is 0 Å². The van der Waals surface area contributed by atoms with Crippen molar-refractivity contribution in [1.29, 1.82) is 0 Å². The predicted molar refractivity (Wildman–Crippen MR) is 255 cm³/mol. The number of hydrogen-bond acceptors (Lipinski definition) is 5. The minimum atomic E-state index is -0.778. The van der Waals surface area contributed by atoms with Crippen molar-refractivity contribution in [1.82, 2.24) is 5.32 Å². The fourth-order valence-electron chi connectivity index (χ4n) is 8.61. The normalized spacial score (nSPS) is 13.1. The third-order valence-corrected chi connectivity index (χ3v) is 12.7. The SMILES string of the molecule is CCCCCCCCCCCCCCCCCCCCC(=O)OC(CCCCCCCCCCCCC)CC(=O)NC(CO)C(O)CCCCCCCCCCCCC. The lowest BCUT2D eigenvalue weighted by Crippen LogP contribution is -2.46. The van der Waals surface area contributed by atoms with E-state index in [1.165, 1.54) is 218 Å². The zero-order chi connectivity index (χ0) is 43.1. The summed E-state index contributed by atoms with van der Waals surface area (Å²) < 4.78 is 5.94. The van der Waals surface area contributed by atoms with Crippen LogP contribution in [0.25, 0.3) is 0 Å². The number of carbonyl (C=O) groups excluding carboxylic acids is 2. The van der Waals surface area contributed by atoms with Crippen LogP contribution in [0.1, 0.15) is 303 Å². The molecule has 0 aliphatic heterocycles. The highest BCUT2D eigenvalue weighted by Crippen LogP contribution is 2.19. The Bertz CT molecular complexity index is 852. The standard InChI is InChI=1S/C53H105NO5/c1-4-7-10-13-16-19-22-23-24-25-26-27-28-31-34-37-40-43-46-53(58)59-49(44-41-38-35-32-29-20-17-14-11-8-5-2)47-52(57)54-50(48-55)51(56)45-42-39-36-33-30-21-18-15-12-9-6-3/h49-51,55-56H,4-48H2,1-3H3,(H,54,57). The van der Waals surface area contributed by atoms with Gasteiger partial charge in [0.05, 0.1) is 25.2 Å². The number of rotatable bonds is 49. The van der Waals surface area contributed by atoms with Gasteiger partial charge in [0.25, 0.3) is 0 Å². The van der Waals surface area contributed by atoms with Crippen LogP contribution < -0.4 is 5.32 Å². The van der Waals surface area contributed by atoms with Gasteiger partial charge < -0.3 is 20.3 Å². The van der Waals surface area contributed by atoms with Gasteiger partial charge in [-0.15, -0.1) is 0 Å². The molecule has 59 heavy (non-hydrogen) atoms. The molecule has 0 fully saturated rings. The molecule has 0 saturated heterocycles. The Morgan fingerprint density at radius 3 is 1.03 bits per heavy atom. The molecule has 3 unspecified atom stereocenters. The van der Waals surface area contributed by atoms with E-state index in [0.717, 1.165) is 38.5 Å². The quantitative estimate of drug-likeness (QED) is 0.0419. The first-order valence-corrected chi connectivity index (χ1v) is 26.8. The maximum absolute atomic E-state index is 13.2. The zero-order valence-electron chi connectivity index (χ0n) is 40.2. The molecule has 6 nitrogen and oxygen atoms in total. The smallest absolute Gasteiger partial charge is 0.306 e. The predicted octanol–water partition coefficient (Wildman–Crippen LogP) is 16.0. The summed E-state index contributed by atoms with van der Waals surface area (Å²) in [6, 6.07) is -0.691. The van der Waals surface area contributed by atoms with E-state index in [1.807, 2.05) is 0 Å². The van der Waals surface area contributed by atoms with Crippen molar-refractivity contribution in [2.24, 2.45) is 0 Å². The Morgan fingerprint density at radius 2 is 0.712 bits per heavy atom. The summed E-state index contributed by atoms with van der Waals surface area (Å²) >= 11 is 0. The van der Waals surface area contributed by atoms with Crippen LogP contribution in [-0.2, 0) is 14.3 Å². The van der Waals surface area contributed by atoms with Crippen LogP contribution in [0.3, 0.4) is 0 Å². The van der Waals surface area contributed by atoms with Crippen LogP contribution in [0, 0.1) is 0 Å². The monoisotopic (exact) mass is 836 g/mol. The van der Waals surface area contributed by atoms with Crippen LogP contribution in [0.4, 0.5) is 0 Å². The van der Waals surface area contributed by atoms with Crippen LogP contribution in [0.2, 0.25) is 0 Å². The number of carbonyl (C=O) groups is 2. The highest BCUT2D eigenvalue weighted by molar-refractivity contribution is 5.77. The molecule has 0 aromatic carbocycles. The van der Waals surface area contributed by atoms with E-state index in [4.69, 9.17) is 4.74 Å².